The van der Waals surface area contributed by atoms with Crippen LogP contribution in [0, 0.1) is 6.92 Å². The number of aromatic nitrogens is 2. The number of amides is 2. The number of carboxylic acids is 1. The molecule has 2 aromatic rings. The average molecular weight is 479 g/mol. The maximum Gasteiger partial charge on any atom is 0.352 e. The molecular weight excluding hydrogens is 460 g/mol. The molecule has 9 nitrogen and oxygen atoms in total. The number of β-lactam (4-membered cyclic amide) rings is 1. The standard InChI is InChI=1S/C19H18N4O5S3/c1-9-21-22-19(31-9)30-8-11-7-29-17-12(16(26)23(17)13(11)18(27)28)20-15(25)14(24)10-5-3-2-4-6-10/h2-6,12,14,17,24H,7-8H2,1H3,(H,20,25)(H,27,28)/t12-,14+,17-/m1/s1. The summed E-state index contributed by atoms with van der Waals surface area (Å²) in [5, 5.41) is 30.8. The van der Waals surface area contributed by atoms with E-state index >= 15 is 0 Å². The summed E-state index contributed by atoms with van der Waals surface area (Å²) in [6, 6.07) is 7.51. The molecule has 1 saturated heterocycles. The van der Waals surface area contributed by atoms with Gasteiger partial charge >= 0.3 is 5.97 Å². The second-order valence-electron chi connectivity index (χ2n) is 6.84. The molecule has 0 unspecified atom stereocenters. The van der Waals surface area contributed by atoms with Crippen molar-refractivity contribution >= 4 is 52.6 Å². The minimum Gasteiger partial charge on any atom is -0.477 e. The normalized spacial score (nSPS) is 21.4. The predicted molar refractivity (Wildman–Crippen MR) is 116 cm³/mol. The number of hydrogen-bond acceptors (Lipinski definition) is 9. The Morgan fingerprint density at radius 1 is 1.32 bits per heavy atom. The molecule has 1 aromatic heterocycles. The molecule has 0 saturated carbocycles. The molecule has 2 amide bonds. The Hall–Kier alpha value is -2.41. The van der Waals surface area contributed by atoms with Crippen LogP contribution >= 0.6 is 34.9 Å². The number of thioether (sulfide) groups is 2. The molecule has 0 spiro atoms. The fraction of sp³-hybridized carbons (Fsp3) is 0.316. The minimum absolute atomic E-state index is 0.0448. The third-order valence-electron chi connectivity index (χ3n) is 4.79. The van der Waals surface area contributed by atoms with Gasteiger partial charge in [-0.2, -0.15) is 0 Å². The molecule has 1 fully saturated rings. The van der Waals surface area contributed by atoms with Gasteiger partial charge in [0.25, 0.3) is 11.8 Å². The second kappa shape index (κ2) is 8.99. The highest BCUT2D eigenvalue weighted by Gasteiger charge is 2.54. The van der Waals surface area contributed by atoms with Crippen LogP contribution in [0.25, 0.3) is 0 Å². The molecule has 3 N–H and O–H groups in total. The number of carboxylic acid groups (broad SMARTS) is 1. The number of benzene rings is 1. The molecule has 2 aliphatic heterocycles. The number of nitrogens with one attached hydrogen (secondary N) is 1. The van der Waals surface area contributed by atoms with E-state index in [2.05, 4.69) is 15.5 Å². The molecule has 4 rings (SSSR count). The van der Waals surface area contributed by atoms with Crippen molar-refractivity contribution in [1.82, 2.24) is 20.4 Å². The Balaban J connectivity index is 1.45. The molecule has 2 aliphatic rings. The monoisotopic (exact) mass is 478 g/mol. The smallest absolute Gasteiger partial charge is 0.352 e. The Kier molecular flexibility index (Phi) is 6.32. The lowest BCUT2D eigenvalue weighted by atomic mass is 10.0. The number of rotatable bonds is 7. The van der Waals surface area contributed by atoms with Crippen molar-refractivity contribution in [1.29, 1.82) is 0 Å². The SMILES string of the molecule is Cc1nnc(SCC2=C(C(=O)O)N3C(=O)[C@@H](NC(=O)[C@@H](O)c4ccccc4)[C@H]3SC2)s1. The lowest BCUT2D eigenvalue weighted by Gasteiger charge is -2.49. The molecule has 162 valence electrons. The fourth-order valence-corrected chi connectivity index (χ4v) is 6.60. The summed E-state index contributed by atoms with van der Waals surface area (Å²) >= 11 is 4.19. The summed E-state index contributed by atoms with van der Waals surface area (Å²) in [7, 11) is 0. The van der Waals surface area contributed by atoms with Crippen molar-refractivity contribution in [2.24, 2.45) is 0 Å². The summed E-state index contributed by atoms with van der Waals surface area (Å²) in [5.41, 5.74) is 0.989. The van der Waals surface area contributed by atoms with E-state index in [0.717, 1.165) is 9.35 Å². The molecule has 0 radical (unpaired) electrons. The number of aliphatic hydroxyl groups excluding tert-OH is 1. The zero-order valence-corrected chi connectivity index (χ0v) is 18.7. The van der Waals surface area contributed by atoms with Gasteiger partial charge in [-0.1, -0.05) is 53.4 Å². The van der Waals surface area contributed by atoms with E-state index in [9.17, 15) is 24.6 Å². The molecule has 3 heterocycles. The summed E-state index contributed by atoms with van der Waals surface area (Å²) in [6.07, 6.45) is -1.41. The van der Waals surface area contributed by atoms with Crippen molar-refractivity contribution in [3.63, 3.8) is 0 Å². The zero-order valence-electron chi connectivity index (χ0n) is 16.2. The van der Waals surface area contributed by atoms with E-state index in [1.54, 1.807) is 30.3 Å². The van der Waals surface area contributed by atoms with Crippen molar-refractivity contribution in [3.05, 3.63) is 52.2 Å². The summed E-state index contributed by atoms with van der Waals surface area (Å²) in [5.74, 6) is -1.59. The summed E-state index contributed by atoms with van der Waals surface area (Å²) in [4.78, 5) is 38.3. The average Bonchev–Trinajstić information content (AvgIpc) is 3.20. The first kappa shape index (κ1) is 21.8. The molecule has 0 aliphatic carbocycles. The molecule has 3 atom stereocenters. The largest absolute Gasteiger partial charge is 0.477 e. The van der Waals surface area contributed by atoms with Gasteiger partial charge in [-0.05, 0) is 18.1 Å². The number of nitrogens with zero attached hydrogens (tertiary/aromatic N) is 3. The highest BCUT2D eigenvalue weighted by molar-refractivity contribution is 8.01. The van der Waals surface area contributed by atoms with E-state index in [0.29, 0.717) is 22.6 Å². The van der Waals surface area contributed by atoms with Gasteiger partial charge in [0.05, 0.1) is 0 Å². The summed E-state index contributed by atoms with van der Waals surface area (Å²) in [6.45, 7) is 1.84. The van der Waals surface area contributed by atoms with Gasteiger partial charge in [-0.25, -0.2) is 4.79 Å². The first-order chi connectivity index (χ1) is 14.9. The van der Waals surface area contributed by atoms with Crippen LogP contribution in [0.4, 0.5) is 0 Å². The van der Waals surface area contributed by atoms with Gasteiger partial charge in [-0.3, -0.25) is 14.5 Å². The number of aliphatic carboxylic acids is 1. The maximum absolute atomic E-state index is 12.7. The Bertz CT molecular complexity index is 1060. The number of carbonyl (C=O) groups excluding carboxylic acids is 2. The van der Waals surface area contributed by atoms with Gasteiger partial charge in [0, 0.05) is 11.5 Å². The third-order valence-corrected chi connectivity index (χ3v) is 8.19. The summed E-state index contributed by atoms with van der Waals surface area (Å²) < 4.78 is 0.733. The van der Waals surface area contributed by atoms with E-state index < -0.39 is 35.3 Å². The van der Waals surface area contributed by atoms with Crippen molar-refractivity contribution in [3.8, 4) is 0 Å². The van der Waals surface area contributed by atoms with E-state index in [1.807, 2.05) is 6.92 Å². The van der Waals surface area contributed by atoms with Crippen LogP contribution < -0.4 is 5.32 Å². The Morgan fingerprint density at radius 3 is 2.71 bits per heavy atom. The minimum atomic E-state index is -1.41. The van der Waals surface area contributed by atoms with Crippen LogP contribution in [0.1, 0.15) is 16.7 Å². The van der Waals surface area contributed by atoms with Crippen LogP contribution in [0.2, 0.25) is 0 Å². The first-order valence-electron chi connectivity index (χ1n) is 9.23. The first-order valence-corrected chi connectivity index (χ1v) is 12.1. The van der Waals surface area contributed by atoms with Gasteiger partial charge in [0.1, 0.15) is 22.1 Å². The lowest BCUT2D eigenvalue weighted by Crippen LogP contribution is -2.70. The Morgan fingerprint density at radius 2 is 2.06 bits per heavy atom. The van der Waals surface area contributed by atoms with Gasteiger partial charge < -0.3 is 15.5 Å². The van der Waals surface area contributed by atoms with Crippen molar-refractivity contribution in [2.45, 2.75) is 28.8 Å². The van der Waals surface area contributed by atoms with Crippen LogP contribution in [-0.4, -0.2) is 66.0 Å². The lowest BCUT2D eigenvalue weighted by molar-refractivity contribution is -0.151. The van der Waals surface area contributed by atoms with Crippen LogP contribution in [0.5, 0.6) is 0 Å². The fourth-order valence-electron chi connectivity index (χ4n) is 3.30. The van der Waals surface area contributed by atoms with Crippen LogP contribution in [0.3, 0.4) is 0 Å². The molecule has 31 heavy (non-hydrogen) atoms. The van der Waals surface area contributed by atoms with Crippen molar-refractivity contribution < 1.29 is 24.6 Å². The van der Waals surface area contributed by atoms with Crippen LogP contribution in [0.15, 0.2) is 45.9 Å². The quantitative estimate of drug-likeness (QED) is 0.399. The Labute approximate surface area is 189 Å². The number of fused-ring (bicyclic) bond motifs is 1. The molecule has 12 heteroatoms. The maximum atomic E-state index is 12.7. The number of aryl methyl sites for hydroxylation is 1. The topological polar surface area (TPSA) is 133 Å². The highest BCUT2D eigenvalue weighted by atomic mass is 32.2. The molecule has 1 aromatic carbocycles. The van der Waals surface area contributed by atoms with Gasteiger partial charge in [-0.15, -0.1) is 22.0 Å². The zero-order chi connectivity index (χ0) is 22.1. The van der Waals surface area contributed by atoms with E-state index in [4.69, 9.17) is 0 Å². The predicted octanol–water partition coefficient (Wildman–Crippen LogP) is 1.41. The van der Waals surface area contributed by atoms with E-state index in [1.165, 1.54) is 39.8 Å². The van der Waals surface area contributed by atoms with Gasteiger partial charge in [0.2, 0.25) is 0 Å². The van der Waals surface area contributed by atoms with Gasteiger partial charge in [0.15, 0.2) is 10.4 Å². The number of hydrogen-bond donors (Lipinski definition) is 3. The number of aliphatic hydroxyl groups is 1. The van der Waals surface area contributed by atoms with Crippen LogP contribution in [-0.2, 0) is 14.4 Å². The second-order valence-corrected chi connectivity index (χ2v) is 10.4. The number of carbonyl (C=O) groups is 3. The molecule has 0 bridgehead atoms. The third kappa shape index (κ3) is 4.33. The van der Waals surface area contributed by atoms with Crippen molar-refractivity contribution in [2.75, 3.05) is 11.5 Å². The molecular formula is C19H18N4O5S3. The highest BCUT2D eigenvalue weighted by Crippen LogP contribution is 2.42. The van der Waals surface area contributed by atoms with E-state index in [-0.39, 0.29) is 5.70 Å².